The van der Waals surface area contributed by atoms with Crippen molar-refractivity contribution in [3.05, 3.63) is 34.9 Å². The summed E-state index contributed by atoms with van der Waals surface area (Å²) in [5.41, 5.74) is 1.54. The molecular weight excluding hydrogens is 456 g/mol. The van der Waals surface area contributed by atoms with Gasteiger partial charge in [0.1, 0.15) is 18.8 Å². The fourth-order valence-electron chi connectivity index (χ4n) is 5.58. The largest absolute Gasteiger partial charge is 0.493 e. The van der Waals surface area contributed by atoms with Gasteiger partial charge in [-0.15, -0.1) is 0 Å². The standard InChI is InChI=1S/C25H34N2O8/c1-33-13-20(30)27(15-5-3-4-6-15)18-11-17(25(32)26-7-8-28)21-16-9-14(12-29)10-19(34-2)23(16)35-24(21)22(18)31/h9-11,15,18,21-22,24,28-29,31H,3-8,12-13H2,1-2H3,(H,26,32)/t18-,21+,22+,24+/m1/s1. The van der Waals surface area contributed by atoms with Crippen LogP contribution in [-0.4, -0.2) is 90.3 Å². The van der Waals surface area contributed by atoms with Crippen molar-refractivity contribution in [2.24, 2.45) is 0 Å². The predicted molar refractivity (Wildman–Crippen MR) is 125 cm³/mol. The average molecular weight is 491 g/mol. The molecule has 35 heavy (non-hydrogen) atoms. The molecule has 4 atom stereocenters. The lowest BCUT2D eigenvalue weighted by Gasteiger charge is -2.43. The summed E-state index contributed by atoms with van der Waals surface area (Å²) in [7, 11) is 2.93. The van der Waals surface area contributed by atoms with Crippen LogP contribution in [0.2, 0.25) is 0 Å². The fourth-order valence-corrected chi connectivity index (χ4v) is 5.58. The molecule has 0 radical (unpaired) electrons. The van der Waals surface area contributed by atoms with Gasteiger partial charge in [-0.3, -0.25) is 9.59 Å². The number of carbonyl (C=O) groups is 2. The second kappa shape index (κ2) is 10.9. The van der Waals surface area contributed by atoms with Crippen molar-refractivity contribution in [2.75, 3.05) is 34.0 Å². The first-order valence-electron chi connectivity index (χ1n) is 12.0. The van der Waals surface area contributed by atoms with E-state index in [4.69, 9.17) is 14.2 Å². The number of hydrogen-bond acceptors (Lipinski definition) is 8. The highest BCUT2D eigenvalue weighted by molar-refractivity contribution is 5.96. The van der Waals surface area contributed by atoms with Crippen LogP contribution in [0, 0.1) is 0 Å². The zero-order valence-corrected chi connectivity index (χ0v) is 20.1. The Balaban J connectivity index is 1.81. The van der Waals surface area contributed by atoms with Crippen molar-refractivity contribution in [1.29, 1.82) is 0 Å². The number of benzene rings is 1. The number of aliphatic hydroxyl groups excluding tert-OH is 3. The van der Waals surface area contributed by atoms with E-state index in [1.54, 1.807) is 23.1 Å². The van der Waals surface area contributed by atoms with Crippen molar-refractivity contribution >= 4 is 11.8 Å². The van der Waals surface area contributed by atoms with Gasteiger partial charge in [0.2, 0.25) is 11.8 Å². The van der Waals surface area contributed by atoms with Crippen molar-refractivity contribution in [2.45, 2.75) is 62.5 Å². The number of nitrogens with one attached hydrogen (secondary N) is 1. The van der Waals surface area contributed by atoms with Crippen LogP contribution in [0.5, 0.6) is 11.5 Å². The molecule has 4 N–H and O–H groups in total. The first kappa shape index (κ1) is 25.4. The van der Waals surface area contributed by atoms with Crippen molar-refractivity contribution in [3.8, 4) is 11.5 Å². The number of aliphatic hydroxyl groups is 3. The quantitative estimate of drug-likeness (QED) is 0.386. The molecular formula is C25H34N2O8. The van der Waals surface area contributed by atoms with E-state index in [1.807, 2.05) is 0 Å². The molecule has 1 saturated carbocycles. The first-order chi connectivity index (χ1) is 16.9. The van der Waals surface area contributed by atoms with Crippen molar-refractivity contribution in [1.82, 2.24) is 10.2 Å². The van der Waals surface area contributed by atoms with E-state index < -0.39 is 30.1 Å². The van der Waals surface area contributed by atoms with Gasteiger partial charge in [0.25, 0.3) is 0 Å². The number of nitrogens with zero attached hydrogens (tertiary/aromatic N) is 1. The number of amides is 2. The number of rotatable bonds is 9. The monoisotopic (exact) mass is 490 g/mol. The molecule has 0 aromatic heterocycles. The molecule has 0 spiro atoms. The van der Waals surface area contributed by atoms with Gasteiger partial charge in [-0.1, -0.05) is 12.8 Å². The summed E-state index contributed by atoms with van der Waals surface area (Å²) in [5, 5.41) is 33.3. The van der Waals surface area contributed by atoms with E-state index >= 15 is 0 Å². The molecule has 192 valence electrons. The fraction of sp³-hybridized carbons (Fsp3) is 0.600. The highest BCUT2D eigenvalue weighted by Gasteiger charge is 2.52. The van der Waals surface area contributed by atoms with Crippen molar-refractivity contribution < 1.29 is 39.1 Å². The molecule has 1 aromatic rings. The second-order valence-electron chi connectivity index (χ2n) is 9.19. The summed E-state index contributed by atoms with van der Waals surface area (Å²) in [6, 6.07) is 2.52. The smallest absolute Gasteiger partial charge is 0.249 e. The van der Waals surface area contributed by atoms with E-state index in [0.29, 0.717) is 28.2 Å². The van der Waals surface area contributed by atoms with Gasteiger partial charge in [-0.05, 0) is 36.6 Å². The summed E-state index contributed by atoms with van der Waals surface area (Å²) in [5.74, 6) is -0.526. The maximum atomic E-state index is 13.3. The molecule has 1 heterocycles. The molecule has 1 fully saturated rings. The molecule has 1 aromatic carbocycles. The van der Waals surface area contributed by atoms with Crippen LogP contribution >= 0.6 is 0 Å². The number of fused-ring (bicyclic) bond motifs is 3. The predicted octanol–water partition coefficient (Wildman–Crippen LogP) is 0.228. The van der Waals surface area contributed by atoms with Crippen LogP contribution in [0.1, 0.15) is 42.7 Å². The molecule has 2 aliphatic carbocycles. The normalized spacial score (nSPS) is 25.3. The van der Waals surface area contributed by atoms with Gasteiger partial charge in [0, 0.05) is 30.8 Å². The topological polar surface area (TPSA) is 138 Å². The van der Waals surface area contributed by atoms with Crippen LogP contribution in [-0.2, 0) is 20.9 Å². The summed E-state index contributed by atoms with van der Waals surface area (Å²) in [6.07, 6.45) is 3.26. The molecule has 10 heteroatoms. The van der Waals surface area contributed by atoms with Gasteiger partial charge in [-0.25, -0.2) is 0 Å². The Labute approximate surface area is 204 Å². The lowest BCUT2D eigenvalue weighted by molar-refractivity contribution is -0.144. The third-order valence-corrected chi connectivity index (χ3v) is 7.09. The molecule has 10 nitrogen and oxygen atoms in total. The lowest BCUT2D eigenvalue weighted by atomic mass is 9.77. The number of carbonyl (C=O) groups excluding carboxylic acids is 2. The van der Waals surface area contributed by atoms with Crippen LogP contribution in [0.3, 0.4) is 0 Å². The van der Waals surface area contributed by atoms with E-state index in [-0.39, 0.29) is 38.3 Å². The Bertz CT molecular complexity index is 974. The van der Waals surface area contributed by atoms with E-state index in [0.717, 1.165) is 25.7 Å². The van der Waals surface area contributed by atoms with Gasteiger partial charge in [-0.2, -0.15) is 0 Å². The van der Waals surface area contributed by atoms with Crippen LogP contribution in [0.15, 0.2) is 23.8 Å². The highest BCUT2D eigenvalue weighted by Crippen LogP contribution is 2.51. The van der Waals surface area contributed by atoms with Gasteiger partial charge in [0.15, 0.2) is 11.5 Å². The van der Waals surface area contributed by atoms with Gasteiger partial charge < -0.3 is 39.7 Å². The summed E-state index contributed by atoms with van der Waals surface area (Å²) >= 11 is 0. The maximum absolute atomic E-state index is 13.3. The minimum Gasteiger partial charge on any atom is -0.493 e. The van der Waals surface area contributed by atoms with E-state index in [1.165, 1.54) is 14.2 Å². The van der Waals surface area contributed by atoms with E-state index in [9.17, 15) is 24.9 Å². The summed E-state index contributed by atoms with van der Waals surface area (Å²) in [6.45, 7) is -0.538. The third kappa shape index (κ3) is 4.75. The number of hydrogen-bond donors (Lipinski definition) is 4. The summed E-state index contributed by atoms with van der Waals surface area (Å²) in [4.78, 5) is 28.1. The van der Waals surface area contributed by atoms with Crippen LogP contribution < -0.4 is 14.8 Å². The third-order valence-electron chi connectivity index (χ3n) is 7.09. The van der Waals surface area contributed by atoms with Crippen LogP contribution in [0.4, 0.5) is 0 Å². The van der Waals surface area contributed by atoms with Crippen molar-refractivity contribution in [3.63, 3.8) is 0 Å². The van der Waals surface area contributed by atoms with Crippen LogP contribution in [0.25, 0.3) is 0 Å². The molecule has 2 amide bonds. The molecule has 3 aliphatic rings. The SMILES string of the molecule is COCC(=O)N(C1CCCC1)[C@@H]1C=C(C(=O)NCCO)[C@@H]2c3cc(CO)cc(OC)c3O[C@@H]2[C@H]1O. The second-order valence-corrected chi connectivity index (χ2v) is 9.19. The Morgan fingerprint density at radius 2 is 1.94 bits per heavy atom. The Morgan fingerprint density at radius 1 is 1.20 bits per heavy atom. The highest BCUT2D eigenvalue weighted by atomic mass is 16.5. The number of ether oxygens (including phenoxy) is 3. The van der Waals surface area contributed by atoms with Gasteiger partial charge >= 0.3 is 0 Å². The average Bonchev–Trinajstić information content (AvgIpc) is 3.52. The molecule has 4 rings (SSSR count). The lowest BCUT2D eigenvalue weighted by Crippen LogP contribution is -2.58. The first-order valence-corrected chi connectivity index (χ1v) is 12.0. The minimum absolute atomic E-state index is 0.0590. The maximum Gasteiger partial charge on any atom is 0.249 e. The zero-order valence-electron chi connectivity index (χ0n) is 20.1. The van der Waals surface area contributed by atoms with E-state index in [2.05, 4.69) is 5.32 Å². The number of methoxy groups -OCH3 is 2. The molecule has 0 bridgehead atoms. The Hall–Kier alpha value is -2.66. The Kier molecular flexibility index (Phi) is 7.95. The molecule has 0 saturated heterocycles. The molecule has 0 unspecified atom stereocenters. The minimum atomic E-state index is -1.12. The summed E-state index contributed by atoms with van der Waals surface area (Å²) < 4.78 is 16.8. The van der Waals surface area contributed by atoms with Gasteiger partial charge in [0.05, 0.1) is 32.3 Å². The molecule has 1 aliphatic heterocycles. The Morgan fingerprint density at radius 3 is 2.57 bits per heavy atom. The zero-order chi connectivity index (χ0) is 25.1.